The van der Waals surface area contributed by atoms with E-state index in [0.717, 1.165) is 17.7 Å². The van der Waals surface area contributed by atoms with Gasteiger partial charge in [-0.1, -0.05) is 17.7 Å². The number of aromatic nitrogens is 2. The molecule has 7 heteroatoms. The number of amides is 2. The van der Waals surface area contributed by atoms with Crippen LogP contribution in [0.3, 0.4) is 0 Å². The molecule has 126 valence electrons. The lowest BCUT2D eigenvalue weighted by Crippen LogP contribution is -2.34. The van der Waals surface area contributed by atoms with Crippen LogP contribution in [0.15, 0.2) is 30.6 Å². The molecule has 2 heterocycles. The Labute approximate surface area is 145 Å². The molecule has 2 amide bonds. The summed E-state index contributed by atoms with van der Waals surface area (Å²) in [6.45, 7) is 5.20. The smallest absolute Gasteiger partial charge is 0.321 e. The van der Waals surface area contributed by atoms with Crippen molar-refractivity contribution in [2.24, 2.45) is 0 Å². The number of benzene rings is 1. The number of ether oxygens (including phenoxy) is 1. The van der Waals surface area contributed by atoms with E-state index in [1.54, 1.807) is 4.90 Å². The molecule has 1 N–H and O–H groups in total. The van der Waals surface area contributed by atoms with Gasteiger partial charge in [-0.15, -0.1) is 0 Å². The summed E-state index contributed by atoms with van der Waals surface area (Å²) in [5.41, 5.74) is 3.15. The standard InChI is InChI=1S/C17H19ClN4O2/c1-11-3-4-14(7-12(11)2)21-17(23)22-6-5-15(10-22)24-16-19-8-13(18)9-20-16/h3-4,7-9,15H,5-6,10H2,1-2H3,(H,21,23)/t15-/m0/s1. The predicted molar refractivity (Wildman–Crippen MR) is 92.6 cm³/mol. The molecule has 1 aliphatic rings. The van der Waals surface area contributed by atoms with E-state index >= 15 is 0 Å². The number of anilines is 1. The lowest BCUT2D eigenvalue weighted by molar-refractivity contribution is 0.184. The van der Waals surface area contributed by atoms with E-state index in [1.807, 2.05) is 32.0 Å². The largest absolute Gasteiger partial charge is 0.458 e. The highest BCUT2D eigenvalue weighted by Gasteiger charge is 2.28. The van der Waals surface area contributed by atoms with Gasteiger partial charge in [0.15, 0.2) is 0 Å². The molecule has 1 atom stereocenters. The lowest BCUT2D eigenvalue weighted by Gasteiger charge is -2.18. The van der Waals surface area contributed by atoms with Crippen LogP contribution in [0.4, 0.5) is 10.5 Å². The number of likely N-dealkylation sites (tertiary alicyclic amines) is 1. The van der Waals surface area contributed by atoms with Crippen molar-refractivity contribution in [1.29, 1.82) is 0 Å². The van der Waals surface area contributed by atoms with E-state index < -0.39 is 0 Å². The Morgan fingerprint density at radius 2 is 2.04 bits per heavy atom. The number of carbonyl (C=O) groups is 1. The van der Waals surface area contributed by atoms with Crippen molar-refractivity contribution in [3.8, 4) is 6.01 Å². The summed E-state index contributed by atoms with van der Waals surface area (Å²) in [5, 5.41) is 3.39. The summed E-state index contributed by atoms with van der Waals surface area (Å²) < 4.78 is 5.69. The molecule has 0 saturated carbocycles. The molecule has 0 bridgehead atoms. The summed E-state index contributed by atoms with van der Waals surface area (Å²) in [5.74, 6) is 0. The highest BCUT2D eigenvalue weighted by Crippen LogP contribution is 2.18. The summed E-state index contributed by atoms with van der Waals surface area (Å²) in [6, 6.07) is 6.03. The van der Waals surface area contributed by atoms with Gasteiger partial charge in [-0.2, -0.15) is 0 Å². The van der Waals surface area contributed by atoms with Gasteiger partial charge in [-0.3, -0.25) is 0 Å². The number of hydrogen-bond acceptors (Lipinski definition) is 4. The maximum Gasteiger partial charge on any atom is 0.321 e. The Hall–Kier alpha value is -2.34. The average Bonchev–Trinajstić information content (AvgIpc) is 3.02. The number of nitrogens with zero attached hydrogens (tertiary/aromatic N) is 3. The minimum atomic E-state index is -0.124. The minimum Gasteiger partial charge on any atom is -0.458 e. The zero-order chi connectivity index (χ0) is 17.1. The molecule has 0 unspecified atom stereocenters. The number of rotatable bonds is 3. The summed E-state index contributed by atoms with van der Waals surface area (Å²) in [4.78, 5) is 22.1. The van der Waals surface area contributed by atoms with Crippen LogP contribution in [0.2, 0.25) is 5.02 Å². The van der Waals surface area contributed by atoms with Crippen molar-refractivity contribution < 1.29 is 9.53 Å². The van der Waals surface area contributed by atoms with E-state index in [1.165, 1.54) is 18.0 Å². The summed E-state index contributed by atoms with van der Waals surface area (Å²) in [6.07, 6.45) is 3.61. The van der Waals surface area contributed by atoms with Crippen LogP contribution in [0.1, 0.15) is 17.5 Å². The first-order chi connectivity index (χ1) is 11.5. The van der Waals surface area contributed by atoms with Crippen LogP contribution in [-0.2, 0) is 0 Å². The van der Waals surface area contributed by atoms with Crippen LogP contribution in [0.25, 0.3) is 0 Å². The molecule has 0 radical (unpaired) electrons. The van der Waals surface area contributed by atoms with Gasteiger partial charge in [-0.25, -0.2) is 14.8 Å². The zero-order valence-corrected chi connectivity index (χ0v) is 14.4. The molecule has 6 nitrogen and oxygen atoms in total. The van der Waals surface area contributed by atoms with Crippen LogP contribution in [0.5, 0.6) is 6.01 Å². The molecule has 0 aliphatic carbocycles. The quantitative estimate of drug-likeness (QED) is 0.924. The van der Waals surface area contributed by atoms with Crippen molar-refractivity contribution in [1.82, 2.24) is 14.9 Å². The fraction of sp³-hybridized carbons (Fsp3) is 0.353. The SMILES string of the molecule is Cc1ccc(NC(=O)N2CC[C@H](Oc3ncc(Cl)cn3)C2)cc1C. The Bertz CT molecular complexity index is 736. The van der Waals surface area contributed by atoms with Gasteiger partial charge >= 0.3 is 12.0 Å². The fourth-order valence-corrected chi connectivity index (χ4v) is 2.64. The van der Waals surface area contributed by atoms with Gasteiger partial charge in [0.05, 0.1) is 24.0 Å². The van der Waals surface area contributed by atoms with Crippen molar-refractivity contribution in [2.45, 2.75) is 26.4 Å². The lowest BCUT2D eigenvalue weighted by atomic mass is 10.1. The van der Waals surface area contributed by atoms with E-state index in [0.29, 0.717) is 18.1 Å². The topological polar surface area (TPSA) is 67.4 Å². The fourth-order valence-electron chi connectivity index (χ4n) is 2.54. The van der Waals surface area contributed by atoms with Crippen LogP contribution >= 0.6 is 11.6 Å². The number of halogens is 1. The Morgan fingerprint density at radius 1 is 1.29 bits per heavy atom. The third kappa shape index (κ3) is 3.94. The maximum atomic E-state index is 12.4. The number of hydrogen-bond donors (Lipinski definition) is 1. The minimum absolute atomic E-state index is 0.114. The van der Waals surface area contributed by atoms with Crippen LogP contribution in [0, 0.1) is 13.8 Å². The normalized spacial score (nSPS) is 17.0. The highest BCUT2D eigenvalue weighted by molar-refractivity contribution is 6.30. The molecule has 1 aromatic heterocycles. The van der Waals surface area contributed by atoms with Gasteiger partial charge < -0.3 is 15.0 Å². The number of urea groups is 1. The molecule has 2 aromatic rings. The van der Waals surface area contributed by atoms with E-state index in [4.69, 9.17) is 16.3 Å². The first-order valence-electron chi connectivity index (χ1n) is 7.78. The second-order valence-electron chi connectivity index (χ2n) is 5.89. The van der Waals surface area contributed by atoms with Crippen LogP contribution in [-0.4, -0.2) is 40.1 Å². The second-order valence-corrected chi connectivity index (χ2v) is 6.32. The Kier molecular flexibility index (Phi) is 4.85. The molecule has 1 aliphatic heterocycles. The van der Waals surface area contributed by atoms with E-state index in [9.17, 15) is 4.79 Å². The van der Waals surface area contributed by atoms with Crippen LogP contribution < -0.4 is 10.1 Å². The van der Waals surface area contributed by atoms with Gasteiger partial charge in [-0.05, 0) is 37.1 Å². The third-order valence-electron chi connectivity index (χ3n) is 4.06. The third-order valence-corrected chi connectivity index (χ3v) is 4.25. The summed E-state index contributed by atoms with van der Waals surface area (Å²) >= 11 is 5.75. The van der Waals surface area contributed by atoms with Gasteiger partial charge in [0.25, 0.3) is 0 Å². The molecule has 0 spiro atoms. The van der Waals surface area contributed by atoms with Gasteiger partial charge in [0, 0.05) is 18.7 Å². The van der Waals surface area contributed by atoms with E-state index in [-0.39, 0.29) is 18.1 Å². The molecule has 24 heavy (non-hydrogen) atoms. The summed E-state index contributed by atoms with van der Waals surface area (Å²) in [7, 11) is 0. The monoisotopic (exact) mass is 346 g/mol. The Balaban J connectivity index is 1.55. The number of aryl methyl sites for hydroxylation is 2. The van der Waals surface area contributed by atoms with Crippen molar-refractivity contribution >= 4 is 23.3 Å². The van der Waals surface area contributed by atoms with Crippen molar-refractivity contribution in [2.75, 3.05) is 18.4 Å². The average molecular weight is 347 g/mol. The molecule has 1 fully saturated rings. The zero-order valence-electron chi connectivity index (χ0n) is 13.6. The first-order valence-corrected chi connectivity index (χ1v) is 8.16. The first kappa shape index (κ1) is 16.5. The number of carbonyl (C=O) groups excluding carboxylic acids is 1. The van der Waals surface area contributed by atoms with Gasteiger partial charge in [0.2, 0.25) is 0 Å². The van der Waals surface area contributed by atoms with Gasteiger partial charge in [0.1, 0.15) is 6.10 Å². The van der Waals surface area contributed by atoms with Crippen molar-refractivity contribution in [3.63, 3.8) is 0 Å². The second kappa shape index (κ2) is 7.05. The maximum absolute atomic E-state index is 12.4. The number of nitrogens with one attached hydrogen (secondary N) is 1. The van der Waals surface area contributed by atoms with E-state index in [2.05, 4.69) is 15.3 Å². The molecule has 1 saturated heterocycles. The molecular formula is C17H19ClN4O2. The Morgan fingerprint density at radius 3 is 2.75 bits per heavy atom. The van der Waals surface area contributed by atoms with Crippen molar-refractivity contribution in [3.05, 3.63) is 46.7 Å². The predicted octanol–water partition coefficient (Wildman–Crippen LogP) is 3.43. The molecule has 3 rings (SSSR count). The molecule has 1 aromatic carbocycles. The highest BCUT2D eigenvalue weighted by atomic mass is 35.5. The molecular weight excluding hydrogens is 328 g/mol.